The molecule has 2 aromatic rings. The third-order valence-corrected chi connectivity index (χ3v) is 5.00. The van der Waals surface area contributed by atoms with E-state index in [4.69, 9.17) is 19.9 Å². The SMILES string of the molecule is CCCN(C)C(=O)C(N)C1OCC(c2cccc3cc(OC)ccc23)CO1. The quantitative estimate of drug-likeness (QED) is 0.843. The molecular formula is C21H28N2O4. The molecular weight excluding hydrogens is 344 g/mol. The summed E-state index contributed by atoms with van der Waals surface area (Å²) >= 11 is 0. The molecule has 2 N–H and O–H groups in total. The van der Waals surface area contributed by atoms with Crippen LogP contribution in [0.1, 0.15) is 24.8 Å². The number of hydrogen-bond acceptors (Lipinski definition) is 5. The zero-order valence-electron chi connectivity index (χ0n) is 16.2. The van der Waals surface area contributed by atoms with E-state index in [0.717, 1.165) is 28.5 Å². The normalized spacial score (nSPS) is 21.0. The van der Waals surface area contributed by atoms with Gasteiger partial charge in [0.25, 0.3) is 0 Å². The Morgan fingerprint density at radius 1 is 1.30 bits per heavy atom. The molecule has 0 radical (unpaired) electrons. The first-order valence-corrected chi connectivity index (χ1v) is 9.35. The number of hydrogen-bond donors (Lipinski definition) is 1. The van der Waals surface area contributed by atoms with Crippen LogP contribution < -0.4 is 10.5 Å². The Kier molecular flexibility index (Phi) is 6.31. The Labute approximate surface area is 160 Å². The van der Waals surface area contributed by atoms with Crippen molar-refractivity contribution in [2.45, 2.75) is 31.6 Å². The van der Waals surface area contributed by atoms with Crippen LogP contribution in [0.4, 0.5) is 0 Å². The van der Waals surface area contributed by atoms with Crippen molar-refractivity contribution in [2.24, 2.45) is 5.73 Å². The molecule has 0 aromatic heterocycles. The van der Waals surface area contributed by atoms with Crippen molar-refractivity contribution in [2.75, 3.05) is 33.9 Å². The number of fused-ring (bicyclic) bond motifs is 1. The van der Waals surface area contributed by atoms with Crippen molar-refractivity contribution in [3.63, 3.8) is 0 Å². The Bertz CT molecular complexity index is 787. The van der Waals surface area contributed by atoms with Gasteiger partial charge in [-0.15, -0.1) is 0 Å². The van der Waals surface area contributed by atoms with Gasteiger partial charge in [-0.3, -0.25) is 4.79 Å². The number of ether oxygens (including phenoxy) is 3. The second-order valence-corrected chi connectivity index (χ2v) is 6.95. The summed E-state index contributed by atoms with van der Waals surface area (Å²) in [5.41, 5.74) is 7.24. The molecule has 1 amide bonds. The van der Waals surface area contributed by atoms with Crippen molar-refractivity contribution in [1.29, 1.82) is 0 Å². The van der Waals surface area contributed by atoms with Gasteiger partial charge < -0.3 is 24.8 Å². The second kappa shape index (κ2) is 8.69. The zero-order chi connectivity index (χ0) is 19.4. The number of rotatable bonds is 6. The predicted octanol–water partition coefficient (Wildman–Crippen LogP) is 2.50. The number of methoxy groups -OCH3 is 1. The highest BCUT2D eigenvalue weighted by molar-refractivity contribution is 5.87. The standard InChI is InChI=1S/C21H28N2O4/c1-4-10-23(2)20(24)19(22)21-26-12-15(13-27-21)17-7-5-6-14-11-16(25-3)8-9-18(14)17/h5-9,11,15,19,21H,4,10,12-13,22H2,1-3H3. The average molecular weight is 372 g/mol. The van der Waals surface area contributed by atoms with Crippen LogP contribution in [0.25, 0.3) is 10.8 Å². The molecule has 146 valence electrons. The molecule has 6 heteroatoms. The van der Waals surface area contributed by atoms with Crippen LogP contribution >= 0.6 is 0 Å². The highest BCUT2D eigenvalue weighted by Crippen LogP contribution is 2.31. The number of nitrogens with zero attached hydrogens (tertiary/aromatic N) is 1. The fraction of sp³-hybridized carbons (Fsp3) is 0.476. The number of benzene rings is 2. The van der Waals surface area contributed by atoms with E-state index in [-0.39, 0.29) is 11.8 Å². The van der Waals surface area contributed by atoms with Crippen LogP contribution in [0, 0.1) is 0 Å². The van der Waals surface area contributed by atoms with Gasteiger partial charge in [-0.2, -0.15) is 0 Å². The third-order valence-electron chi connectivity index (χ3n) is 5.00. The van der Waals surface area contributed by atoms with Crippen LogP contribution in [-0.2, 0) is 14.3 Å². The molecule has 0 spiro atoms. The van der Waals surface area contributed by atoms with Crippen LogP contribution in [0.5, 0.6) is 5.75 Å². The smallest absolute Gasteiger partial charge is 0.244 e. The summed E-state index contributed by atoms with van der Waals surface area (Å²) in [6.45, 7) is 3.62. The van der Waals surface area contributed by atoms with E-state index in [1.54, 1.807) is 19.1 Å². The topological polar surface area (TPSA) is 74.0 Å². The van der Waals surface area contributed by atoms with Gasteiger partial charge in [0.05, 0.1) is 20.3 Å². The summed E-state index contributed by atoms with van der Waals surface area (Å²) in [7, 11) is 3.41. The van der Waals surface area contributed by atoms with E-state index < -0.39 is 12.3 Å². The highest BCUT2D eigenvalue weighted by Gasteiger charge is 2.33. The third kappa shape index (κ3) is 4.24. The van der Waals surface area contributed by atoms with E-state index in [0.29, 0.717) is 19.8 Å². The summed E-state index contributed by atoms with van der Waals surface area (Å²) in [6.07, 6.45) is 0.179. The second-order valence-electron chi connectivity index (χ2n) is 6.95. The molecule has 1 aliphatic heterocycles. The van der Waals surface area contributed by atoms with E-state index >= 15 is 0 Å². The fourth-order valence-corrected chi connectivity index (χ4v) is 3.49. The Hall–Kier alpha value is -2.15. The minimum Gasteiger partial charge on any atom is -0.497 e. The average Bonchev–Trinajstić information content (AvgIpc) is 2.72. The maximum atomic E-state index is 12.3. The molecule has 3 rings (SSSR count). The molecule has 1 aliphatic rings. The largest absolute Gasteiger partial charge is 0.497 e. The fourth-order valence-electron chi connectivity index (χ4n) is 3.49. The summed E-state index contributed by atoms with van der Waals surface area (Å²) in [6, 6.07) is 11.4. The molecule has 1 saturated heterocycles. The zero-order valence-corrected chi connectivity index (χ0v) is 16.2. The van der Waals surface area contributed by atoms with E-state index in [1.165, 1.54) is 0 Å². The molecule has 27 heavy (non-hydrogen) atoms. The molecule has 0 saturated carbocycles. The molecule has 1 unspecified atom stereocenters. The van der Waals surface area contributed by atoms with Crippen molar-refractivity contribution >= 4 is 16.7 Å². The maximum Gasteiger partial charge on any atom is 0.244 e. The van der Waals surface area contributed by atoms with Gasteiger partial charge >= 0.3 is 0 Å². The molecule has 1 atom stereocenters. The number of carbonyl (C=O) groups is 1. The molecule has 2 aromatic carbocycles. The minimum absolute atomic E-state index is 0.0917. The van der Waals surface area contributed by atoms with Crippen molar-refractivity contribution < 1.29 is 19.0 Å². The van der Waals surface area contributed by atoms with Gasteiger partial charge in [-0.1, -0.05) is 31.2 Å². The van der Waals surface area contributed by atoms with E-state index in [1.807, 2.05) is 25.1 Å². The van der Waals surface area contributed by atoms with Crippen LogP contribution in [-0.4, -0.2) is 57.1 Å². The van der Waals surface area contributed by atoms with Crippen LogP contribution in [0.2, 0.25) is 0 Å². The van der Waals surface area contributed by atoms with E-state index in [9.17, 15) is 4.79 Å². The number of likely N-dealkylation sites (N-methyl/N-ethyl adjacent to an activating group) is 1. The first kappa shape index (κ1) is 19.6. The molecule has 1 heterocycles. The summed E-state index contributed by atoms with van der Waals surface area (Å²) < 4.78 is 17.0. The summed E-state index contributed by atoms with van der Waals surface area (Å²) in [4.78, 5) is 14.0. The Morgan fingerprint density at radius 2 is 2.04 bits per heavy atom. The lowest BCUT2D eigenvalue weighted by Gasteiger charge is -2.34. The van der Waals surface area contributed by atoms with Gasteiger partial charge in [0, 0.05) is 19.5 Å². The van der Waals surface area contributed by atoms with Gasteiger partial charge in [-0.25, -0.2) is 0 Å². The minimum atomic E-state index is -0.806. The van der Waals surface area contributed by atoms with Gasteiger partial charge in [-0.05, 0) is 34.9 Å². The van der Waals surface area contributed by atoms with Gasteiger partial charge in [0.15, 0.2) is 6.29 Å². The lowest BCUT2D eigenvalue weighted by molar-refractivity contribution is -0.200. The van der Waals surface area contributed by atoms with E-state index in [2.05, 4.69) is 18.2 Å². The molecule has 1 fully saturated rings. The first-order chi connectivity index (χ1) is 13.0. The molecule has 0 bridgehead atoms. The number of carbonyl (C=O) groups excluding carboxylic acids is 1. The first-order valence-electron chi connectivity index (χ1n) is 9.35. The van der Waals surface area contributed by atoms with Gasteiger partial charge in [0.2, 0.25) is 5.91 Å². The van der Waals surface area contributed by atoms with Crippen molar-refractivity contribution in [3.8, 4) is 5.75 Å². The number of nitrogens with two attached hydrogens (primary N) is 1. The lowest BCUT2D eigenvalue weighted by atomic mass is 9.94. The van der Waals surface area contributed by atoms with Crippen LogP contribution in [0.3, 0.4) is 0 Å². The monoisotopic (exact) mass is 372 g/mol. The summed E-state index contributed by atoms with van der Waals surface area (Å²) in [5.74, 6) is 0.767. The number of amides is 1. The maximum absolute atomic E-state index is 12.3. The highest BCUT2D eigenvalue weighted by atomic mass is 16.7. The van der Waals surface area contributed by atoms with Crippen LogP contribution in [0.15, 0.2) is 36.4 Å². The summed E-state index contributed by atoms with van der Waals surface area (Å²) in [5, 5.41) is 2.26. The molecule has 6 nitrogen and oxygen atoms in total. The molecule has 0 aliphatic carbocycles. The lowest BCUT2D eigenvalue weighted by Crippen LogP contribution is -2.53. The predicted molar refractivity (Wildman–Crippen MR) is 105 cm³/mol. The Morgan fingerprint density at radius 3 is 2.70 bits per heavy atom. The Balaban J connectivity index is 1.69. The van der Waals surface area contributed by atoms with Crippen molar-refractivity contribution in [3.05, 3.63) is 42.0 Å². The van der Waals surface area contributed by atoms with Crippen molar-refractivity contribution in [1.82, 2.24) is 4.90 Å². The van der Waals surface area contributed by atoms with Gasteiger partial charge in [0.1, 0.15) is 11.8 Å².